The van der Waals surface area contributed by atoms with Crippen molar-refractivity contribution in [3.8, 4) is 0 Å². The predicted octanol–water partition coefficient (Wildman–Crippen LogP) is 4.35. The molecule has 24 heavy (non-hydrogen) atoms. The Morgan fingerprint density at radius 3 is 2.79 bits per heavy atom. The molecule has 1 saturated heterocycles. The van der Waals surface area contributed by atoms with Crippen LogP contribution in [-0.4, -0.2) is 28.6 Å². The topological polar surface area (TPSA) is 46.3 Å². The maximum Gasteiger partial charge on any atom is 0.276 e. The van der Waals surface area contributed by atoms with E-state index in [1.54, 1.807) is 0 Å². The summed E-state index contributed by atoms with van der Waals surface area (Å²) in [6.07, 6.45) is 5.46. The summed E-state index contributed by atoms with van der Waals surface area (Å²) in [5.41, 5.74) is 1.80. The molecule has 1 aliphatic heterocycles. The van der Waals surface area contributed by atoms with Crippen LogP contribution < -0.4 is 0 Å². The van der Waals surface area contributed by atoms with E-state index in [4.69, 9.17) is 4.52 Å². The number of benzene rings is 1. The van der Waals surface area contributed by atoms with Crippen molar-refractivity contribution in [3.63, 3.8) is 0 Å². The van der Waals surface area contributed by atoms with Gasteiger partial charge < -0.3 is 9.42 Å². The third-order valence-corrected chi connectivity index (χ3v) is 5.42. The number of amides is 1. The van der Waals surface area contributed by atoms with Crippen molar-refractivity contribution in [2.24, 2.45) is 0 Å². The molecule has 2 aliphatic rings. The highest BCUT2D eigenvalue weighted by molar-refractivity contribution is 5.92. The quantitative estimate of drug-likeness (QED) is 0.821. The molecular formula is C20H24N2O2. The molecule has 1 amide bonds. The predicted molar refractivity (Wildman–Crippen MR) is 92.0 cm³/mol. The maximum absolute atomic E-state index is 13.0. The van der Waals surface area contributed by atoms with Gasteiger partial charge in [0.05, 0.1) is 0 Å². The summed E-state index contributed by atoms with van der Waals surface area (Å²) in [6, 6.07) is 12.7. The van der Waals surface area contributed by atoms with Crippen LogP contribution >= 0.6 is 0 Å². The Kier molecular flexibility index (Phi) is 4.13. The minimum absolute atomic E-state index is 0.0301. The molecule has 1 aliphatic carbocycles. The van der Waals surface area contributed by atoms with Gasteiger partial charge in [-0.1, -0.05) is 42.4 Å². The third kappa shape index (κ3) is 2.85. The Hall–Kier alpha value is -2.10. The Bertz CT molecular complexity index is 705. The van der Waals surface area contributed by atoms with Gasteiger partial charge >= 0.3 is 0 Å². The van der Waals surface area contributed by atoms with Gasteiger partial charge in [-0.3, -0.25) is 4.79 Å². The van der Waals surface area contributed by atoms with E-state index in [9.17, 15) is 4.79 Å². The number of hydrogen-bond donors (Lipinski definition) is 0. The Morgan fingerprint density at radius 2 is 2.08 bits per heavy atom. The molecule has 1 aromatic carbocycles. The van der Waals surface area contributed by atoms with Gasteiger partial charge in [-0.25, -0.2) is 0 Å². The lowest BCUT2D eigenvalue weighted by Gasteiger charge is -2.31. The van der Waals surface area contributed by atoms with Crippen LogP contribution in [0.2, 0.25) is 0 Å². The number of carbonyl (C=O) groups excluding carboxylic acids is 1. The Morgan fingerprint density at radius 1 is 1.29 bits per heavy atom. The molecule has 2 aromatic rings. The number of likely N-dealkylation sites (tertiary alicyclic amines) is 1. The summed E-state index contributed by atoms with van der Waals surface area (Å²) < 4.78 is 5.38. The van der Waals surface area contributed by atoms with E-state index in [2.05, 4.69) is 36.3 Å². The molecular weight excluding hydrogens is 300 g/mol. The molecule has 4 nitrogen and oxygen atoms in total. The number of aromatic nitrogens is 1. The molecule has 0 N–H and O–H groups in total. The minimum atomic E-state index is 0.0301. The van der Waals surface area contributed by atoms with Gasteiger partial charge in [0.2, 0.25) is 0 Å². The van der Waals surface area contributed by atoms with Crippen molar-refractivity contribution in [2.45, 2.75) is 56.9 Å². The first-order valence-corrected chi connectivity index (χ1v) is 9.10. The van der Waals surface area contributed by atoms with E-state index in [0.717, 1.165) is 44.4 Å². The second-order valence-corrected chi connectivity index (χ2v) is 7.02. The highest BCUT2D eigenvalue weighted by Crippen LogP contribution is 2.40. The lowest BCUT2D eigenvalue weighted by atomic mass is 9.87. The molecule has 1 aromatic heterocycles. The summed E-state index contributed by atoms with van der Waals surface area (Å²) in [7, 11) is 0. The molecule has 1 saturated carbocycles. The summed E-state index contributed by atoms with van der Waals surface area (Å²) in [5, 5.41) is 4.05. The maximum atomic E-state index is 13.0. The van der Waals surface area contributed by atoms with Gasteiger partial charge in [-0.2, -0.15) is 0 Å². The number of rotatable bonds is 5. The largest absolute Gasteiger partial charge is 0.360 e. The van der Waals surface area contributed by atoms with Crippen LogP contribution in [0.15, 0.2) is 40.9 Å². The van der Waals surface area contributed by atoms with E-state index in [-0.39, 0.29) is 11.9 Å². The number of carbonyl (C=O) groups is 1. The van der Waals surface area contributed by atoms with Crippen LogP contribution in [0.5, 0.6) is 0 Å². The van der Waals surface area contributed by atoms with Gasteiger partial charge in [-0.05, 0) is 37.7 Å². The highest BCUT2D eigenvalue weighted by Gasteiger charge is 2.37. The van der Waals surface area contributed by atoms with Crippen molar-refractivity contribution in [3.05, 3.63) is 53.4 Å². The summed E-state index contributed by atoms with van der Waals surface area (Å²) >= 11 is 0. The molecule has 0 bridgehead atoms. The lowest BCUT2D eigenvalue weighted by Crippen LogP contribution is -2.39. The van der Waals surface area contributed by atoms with E-state index < -0.39 is 0 Å². The van der Waals surface area contributed by atoms with Crippen LogP contribution in [0.1, 0.15) is 72.7 Å². The zero-order valence-electron chi connectivity index (χ0n) is 14.1. The summed E-state index contributed by atoms with van der Waals surface area (Å²) in [5.74, 6) is 1.78. The monoisotopic (exact) mass is 324 g/mol. The van der Waals surface area contributed by atoms with Gasteiger partial charge in [0, 0.05) is 30.5 Å². The average Bonchev–Trinajstić information content (AvgIpc) is 3.16. The van der Waals surface area contributed by atoms with Crippen molar-refractivity contribution >= 4 is 5.91 Å². The standard InChI is InChI=1S/C20H24N2O2/c1-2-16(14-7-4-3-5-8-14)18-9-6-12-22(18)20(23)17-13-19(24-21-17)15-10-11-15/h3-5,7-8,13,15-16,18H,2,6,9-12H2,1H3. The molecule has 4 heteroatoms. The van der Waals surface area contributed by atoms with Crippen molar-refractivity contribution < 1.29 is 9.32 Å². The molecule has 2 unspecified atom stereocenters. The van der Waals surface area contributed by atoms with Crippen molar-refractivity contribution in [2.75, 3.05) is 6.54 Å². The Labute approximate surface area is 142 Å². The average molecular weight is 324 g/mol. The number of hydrogen-bond acceptors (Lipinski definition) is 3. The third-order valence-electron chi connectivity index (χ3n) is 5.42. The van der Waals surface area contributed by atoms with E-state index in [1.807, 2.05) is 17.0 Å². The smallest absolute Gasteiger partial charge is 0.276 e. The molecule has 0 radical (unpaired) electrons. The fourth-order valence-corrected chi connectivity index (χ4v) is 3.99. The van der Waals surface area contributed by atoms with Gasteiger partial charge in [0.25, 0.3) is 5.91 Å². The van der Waals surface area contributed by atoms with Gasteiger partial charge in [0.15, 0.2) is 5.69 Å². The van der Waals surface area contributed by atoms with E-state index in [0.29, 0.717) is 17.5 Å². The SMILES string of the molecule is CCC(c1ccccc1)C1CCCN1C(=O)c1cc(C2CC2)on1. The normalized spacial score (nSPS) is 21.9. The summed E-state index contributed by atoms with van der Waals surface area (Å²) in [6.45, 7) is 3.03. The molecule has 2 atom stereocenters. The fourth-order valence-electron chi connectivity index (χ4n) is 3.99. The zero-order chi connectivity index (χ0) is 16.5. The first-order chi connectivity index (χ1) is 11.8. The zero-order valence-corrected chi connectivity index (χ0v) is 14.1. The van der Waals surface area contributed by atoms with E-state index >= 15 is 0 Å². The van der Waals surface area contributed by atoms with Crippen LogP contribution in [0.3, 0.4) is 0 Å². The molecule has 2 heterocycles. The molecule has 126 valence electrons. The number of nitrogens with zero attached hydrogens (tertiary/aromatic N) is 2. The first-order valence-electron chi connectivity index (χ1n) is 9.10. The highest BCUT2D eigenvalue weighted by atomic mass is 16.5. The second kappa shape index (κ2) is 6.42. The van der Waals surface area contributed by atoms with Crippen molar-refractivity contribution in [1.82, 2.24) is 10.1 Å². The van der Waals surface area contributed by atoms with Crippen LogP contribution in [0, 0.1) is 0 Å². The van der Waals surface area contributed by atoms with Gasteiger partial charge in [-0.15, -0.1) is 0 Å². The van der Waals surface area contributed by atoms with E-state index in [1.165, 1.54) is 5.56 Å². The Balaban J connectivity index is 1.55. The fraction of sp³-hybridized carbons (Fsp3) is 0.500. The van der Waals surface area contributed by atoms with Crippen LogP contribution in [0.25, 0.3) is 0 Å². The molecule has 0 spiro atoms. The van der Waals surface area contributed by atoms with Gasteiger partial charge in [0.1, 0.15) is 5.76 Å². The second-order valence-electron chi connectivity index (χ2n) is 7.02. The lowest BCUT2D eigenvalue weighted by molar-refractivity contribution is 0.0704. The summed E-state index contributed by atoms with van der Waals surface area (Å²) in [4.78, 5) is 15.0. The minimum Gasteiger partial charge on any atom is -0.360 e. The van der Waals surface area contributed by atoms with Crippen LogP contribution in [-0.2, 0) is 0 Å². The van der Waals surface area contributed by atoms with Crippen molar-refractivity contribution in [1.29, 1.82) is 0 Å². The van der Waals surface area contributed by atoms with Crippen LogP contribution in [0.4, 0.5) is 0 Å². The molecule has 2 fully saturated rings. The first kappa shape index (κ1) is 15.4. The molecule has 4 rings (SSSR count).